The standard InChI is InChI=1S/C14H21NO2/c1-6-12-11(14(16)17-7-2)8-10(5)13(15-12)9(3)4/h8-9H,6-7H2,1-5H3. The Hall–Kier alpha value is -1.38. The molecule has 0 saturated heterocycles. The first-order valence-electron chi connectivity index (χ1n) is 6.18. The minimum Gasteiger partial charge on any atom is -0.462 e. The third-order valence-corrected chi connectivity index (χ3v) is 2.71. The molecule has 0 aliphatic heterocycles. The van der Waals surface area contributed by atoms with Gasteiger partial charge in [0.05, 0.1) is 17.9 Å². The summed E-state index contributed by atoms with van der Waals surface area (Å²) in [5, 5.41) is 0. The Bertz CT molecular complexity index is 411. The molecule has 0 fully saturated rings. The van der Waals surface area contributed by atoms with Gasteiger partial charge in [-0.15, -0.1) is 0 Å². The van der Waals surface area contributed by atoms with E-state index in [1.54, 1.807) is 0 Å². The lowest BCUT2D eigenvalue weighted by atomic mass is 10.0. The maximum Gasteiger partial charge on any atom is 0.339 e. The summed E-state index contributed by atoms with van der Waals surface area (Å²) in [4.78, 5) is 16.4. The predicted molar refractivity (Wildman–Crippen MR) is 68.4 cm³/mol. The van der Waals surface area contributed by atoms with Crippen LogP contribution in [0.5, 0.6) is 0 Å². The largest absolute Gasteiger partial charge is 0.462 e. The first-order chi connectivity index (χ1) is 8.01. The molecule has 0 spiro atoms. The molecule has 1 rings (SSSR count). The second kappa shape index (κ2) is 5.80. The third-order valence-electron chi connectivity index (χ3n) is 2.71. The number of esters is 1. The molecule has 0 unspecified atom stereocenters. The van der Waals surface area contributed by atoms with Gasteiger partial charge in [0.25, 0.3) is 0 Å². The summed E-state index contributed by atoms with van der Waals surface area (Å²) in [6.45, 7) is 10.4. The molecule has 0 atom stereocenters. The second-order valence-corrected chi connectivity index (χ2v) is 4.41. The number of nitrogens with zero attached hydrogens (tertiary/aromatic N) is 1. The highest BCUT2D eigenvalue weighted by atomic mass is 16.5. The van der Waals surface area contributed by atoms with Crippen molar-refractivity contribution in [3.63, 3.8) is 0 Å². The highest BCUT2D eigenvalue weighted by Crippen LogP contribution is 2.21. The summed E-state index contributed by atoms with van der Waals surface area (Å²) in [6.07, 6.45) is 0.744. The van der Waals surface area contributed by atoms with E-state index in [1.165, 1.54) is 0 Å². The average molecular weight is 235 g/mol. The van der Waals surface area contributed by atoms with Gasteiger partial charge in [0, 0.05) is 5.69 Å². The minimum atomic E-state index is -0.268. The fraction of sp³-hybridized carbons (Fsp3) is 0.571. The maximum absolute atomic E-state index is 11.8. The van der Waals surface area contributed by atoms with E-state index >= 15 is 0 Å². The van der Waals surface area contributed by atoms with Crippen LogP contribution in [0, 0.1) is 6.92 Å². The monoisotopic (exact) mass is 235 g/mol. The van der Waals surface area contributed by atoms with E-state index in [4.69, 9.17) is 4.74 Å². The molecule has 3 nitrogen and oxygen atoms in total. The molecular formula is C14H21NO2. The Kier molecular flexibility index (Phi) is 4.67. The van der Waals surface area contributed by atoms with Crippen LogP contribution in [0.2, 0.25) is 0 Å². The second-order valence-electron chi connectivity index (χ2n) is 4.41. The minimum absolute atomic E-state index is 0.268. The van der Waals surface area contributed by atoms with Crippen molar-refractivity contribution < 1.29 is 9.53 Å². The first-order valence-corrected chi connectivity index (χ1v) is 6.18. The molecule has 1 aromatic rings. The van der Waals surface area contributed by atoms with E-state index < -0.39 is 0 Å². The van der Waals surface area contributed by atoms with Crippen molar-refractivity contribution in [2.45, 2.75) is 47.0 Å². The molecule has 17 heavy (non-hydrogen) atoms. The quantitative estimate of drug-likeness (QED) is 0.752. The molecule has 0 aliphatic rings. The van der Waals surface area contributed by atoms with E-state index in [0.717, 1.165) is 23.4 Å². The normalized spacial score (nSPS) is 10.7. The van der Waals surface area contributed by atoms with Crippen molar-refractivity contribution in [2.24, 2.45) is 0 Å². The fourth-order valence-corrected chi connectivity index (χ4v) is 1.91. The van der Waals surface area contributed by atoms with E-state index in [1.807, 2.05) is 26.8 Å². The van der Waals surface area contributed by atoms with Gasteiger partial charge in [0.2, 0.25) is 0 Å². The number of pyridine rings is 1. The summed E-state index contributed by atoms with van der Waals surface area (Å²) in [6, 6.07) is 1.90. The molecule has 1 heterocycles. The van der Waals surface area contributed by atoms with E-state index in [0.29, 0.717) is 18.1 Å². The molecule has 0 saturated carbocycles. The average Bonchev–Trinajstić information content (AvgIpc) is 2.28. The maximum atomic E-state index is 11.8. The van der Waals surface area contributed by atoms with Crippen molar-refractivity contribution in [1.82, 2.24) is 4.98 Å². The van der Waals surface area contributed by atoms with Gasteiger partial charge in [0.1, 0.15) is 0 Å². The fourth-order valence-electron chi connectivity index (χ4n) is 1.91. The van der Waals surface area contributed by atoms with Gasteiger partial charge < -0.3 is 4.74 Å². The zero-order chi connectivity index (χ0) is 13.0. The van der Waals surface area contributed by atoms with Crippen LogP contribution in [0.25, 0.3) is 0 Å². The Morgan fingerprint density at radius 1 is 1.41 bits per heavy atom. The van der Waals surface area contributed by atoms with Gasteiger partial charge in [-0.1, -0.05) is 20.8 Å². The number of ether oxygens (including phenoxy) is 1. The summed E-state index contributed by atoms with van der Waals surface area (Å²) in [5.74, 6) is 0.104. The van der Waals surface area contributed by atoms with Crippen LogP contribution in [0.15, 0.2) is 6.07 Å². The summed E-state index contributed by atoms with van der Waals surface area (Å²) in [7, 11) is 0. The van der Waals surface area contributed by atoms with Crippen LogP contribution >= 0.6 is 0 Å². The van der Waals surface area contributed by atoms with Crippen LogP contribution in [-0.4, -0.2) is 17.6 Å². The number of rotatable bonds is 4. The van der Waals surface area contributed by atoms with Crippen molar-refractivity contribution in [3.05, 3.63) is 28.6 Å². The van der Waals surface area contributed by atoms with Gasteiger partial charge in [-0.2, -0.15) is 0 Å². The van der Waals surface area contributed by atoms with Crippen LogP contribution in [0.3, 0.4) is 0 Å². The summed E-state index contributed by atoms with van der Waals surface area (Å²) < 4.78 is 5.05. The Morgan fingerprint density at radius 3 is 2.53 bits per heavy atom. The van der Waals surface area contributed by atoms with Gasteiger partial charge in [0.15, 0.2) is 0 Å². The van der Waals surface area contributed by atoms with Crippen LogP contribution in [-0.2, 0) is 11.2 Å². The Labute approximate surface area is 103 Å². The number of hydrogen-bond donors (Lipinski definition) is 0. The molecule has 94 valence electrons. The van der Waals surface area contributed by atoms with E-state index in [2.05, 4.69) is 18.8 Å². The number of carbonyl (C=O) groups is 1. The molecule has 0 aromatic carbocycles. The SMILES string of the molecule is CCOC(=O)c1cc(C)c(C(C)C)nc1CC. The zero-order valence-electron chi connectivity index (χ0n) is 11.3. The molecule has 0 N–H and O–H groups in total. The van der Waals surface area contributed by atoms with Crippen molar-refractivity contribution in [2.75, 3.05) is 6.61 Å². The van der Waals surface area contributed by atoms with Crippen molar-refractivity contribution in [1.29, 1.82) is 0 Å². The van der Waals surface area contributed by atoms with Crippen LogP contribution in [0.1, 0.15) is 60.9 Å². The first kappa shape index (κ1) is 13.7. The van der Waals surface area contributed by atoms with Gasteiger partial charge >= 0.3 is 5.97 Å². The lowest BCUT2D eigenvalue weighted by molar-refractivity contribution is 0.0524. The number of aryl methyl sites for hydroxylation is 2. The number of carbonyl (C=O) groups excluding carboxylic acids is 1. The third kappa shape index (κ3) is 3.05. The molecule has 1 aromatic heterocycles. The summed E-state index contributed by atoms with van der Waals surface area (Å²) >= 11 is 0. The van der Waals surface area contributed by atoms with Gasteiger partial charge in [-0.25, -0.2) is 4.79 Å². The molecule has 0 radical (unpaired) electrons. The molecule has 0 aliphatic carbocycles. The van der Waals surface area contributed by atoms with E-state index in [-0.39, 0.29) is 5.97 Å². The zero-order valence-corrected chi connectivity index (χ0v) is 11.3. The smallest absolute Gasteiger partial charge is 0.339 e. The highest BCUT2D eigenvalue weighted by Gasteiger charge is 2.16. The van der Waals surface area contributed by atoms with Crippen LogP contribution in [0.4, 0.5) is 0 Å². The Balaban J connectivity index is 3.23. The lowest BCUT2D eigenvalue weighted by Crippen LogP contribution is -2.12. The lowest BCUT2D eigenvalue weighted by Gasteiger charge is -2.14. The topological polar surface area (TPSA) is 39.2 Å². The van der Waals surface area contributed by atoms with E-state index in [9.17, 15) is 4.79 Å². The molecule has 0 bridgehead atoms. The Morgan fingerprint density at radius 2 is 2.06 bits per heavy atom. The summed E-state index contributed by atoms with van der Waals surface area (Å²) in [5.41, 5.74) is 3.56. The van der Waals surface area contributed by atoms with Crippen LogP contribution < -0.4 is 0 Å². The predicted octanol–water partition coefficient (Wildman–Crippen LogP) is 3.25. The van der Waals surface area contributed by atoms with Gasteiger partial charge in [-0.05, 0) is 37.8 Å². The van der Waals surface area contributed by atoms with Crippen molar-refractivity contribution in [3.8, 4) is 0 Å². The van der Waals surface area contributed by atoms with Gasteiger partial charge in [-0.3, -0.25) is 4.98 Å². The molecule has 3 heteroatoms. The number of aromatic nitrogens is 1. The molecular weight excluding hydrogens is 214 g/mol. The molecule has 0 amide bonds. The highest BCUT2D eigenvalue weighted by molar-refractivity contribution is 5.90. The van der Waals surface area contributed by atoms with Crippen molar-refractivity contribution >= 4 is 5.97 Å². The number of hydrogen-bond acceptors (Lipinski definition) is 3.